The van der Waals surface area contributed by atoms with Gasteiger partial charge in [0.1, 0.15) is 5.75 Å². The van der Waals surface area contributed by atoms with E-state index in [1.165, 1.54) is 17.5 Å². The van der Waals surface area contributed by atoms with E-state index < -0.39 is 6.10 Å². The topological polar surface area (TPSA) is 77.2 Å². The van der Waals surface area contributed by atoms with Crippen molar-refractivity contribution in [3.63, 3.8) is 0 Å². The van der Waals surface area contributed by atoms with Gasteiger partial charge in [0.05, 0.1) is 11.6 Å². The number of fused-ring (bicyclic) bond motifs is 1. The first kappa shape index (κ1) is 19.5. The Bertz CT molecular complexity index is 1020. The van der Waals surface area contributed by atoms with E-state index in [0.717, 1.165) is 25.0 Å². The molecule has 1 aromatic heterocycles. The highest BCUT2D eigenvalue weighted by Gasteiger charge is 2.20. The lowest BCUT2D eigenvalue weighted by Gasteiger charge is -2.21. The Morgan fingerprint density at radius 2 is 2.03 bits per heavy atom. The number of halogens is 1. The van der Waals surface area contributed by atoms with Crippen molar-refractivity contribution in [3.05, 3.63) is 64.5 Å². The second kappa shape index (κ2) is 8.66. The summed E-state index contributed by atoms with van der Waals surface area (Å²) in [7, 11) is 0. The molecule has 2 aromatic carbocycles. The third kappa shape index (κ3) is 4.43. The molecule has 3 aromatic rings. The Kier molecular flexibility index (Phi) is 5.81. The fourth-order valence-electron chi connectivity index (χ4n) is 3.49. The van der Waals surface area contributed by atoms with Crippen molar-refractivity contribution in [2.75, 3.05) is 0 Å². The zero-order chi connectivity index (χ0) is 20.2. The zero-order valence-electron chi connectivity index (χ0n) is 16.2. The van der Waals surface area contributed by atoms with Gasteiger partial charge in [-0.25, -0.2) is 0 Å². The number of carbonyl (C=O) groups is 1. The molecule has 6 nitrogen and oxygen atoms in total. The quantitative estimate of drug-likeness (QED) is 0.652. The maximum Gasteiger partial charge on any atom is 0.261 e. The molecule has 0 bridgehead atoms. The molecule has 1 atom stereocenters. The van der Waals surface area contributed by atoms with Gasteiger partial charge in [0, 0.05) is 5.56 Å². The lowest BCUT2D eigenvalue weighted by Crippen LogP contribution is -2.36. The van der Waals surface area contributed by atoms with Gasteiger partial charge in [-0.3, -0.25) is 4.79 Å². The monoisotopic (exact) mass is 411 g/mol. The van der Waals surface area contributed by atoms with Crippen LogP contribution in [-0.4, -0.2) is 22.2 Å². The molecule has 1 N–H and O–H groups in total. The van der Waals surface area contributed by atoms with Gasteiger partial charge in [-0.1, -0.05) is 41.0 Å². The van der Waals surface area contributed by atoms with E-state index in [1.54, 1.807) is 13.0 Å². The summed E-state index contributed by atoms with van der Waals surface area (Å²) >= 11 is 6.16. The molecular formula is C22H22ClN3O3. The summed E-state index contributed by atoms with van der Waals surface area (Å²) in [6.45, 7) is 1.86. The van der Waals surface area contributed by atoms with Crippen molar-refractivity contribution in [1.29, 1.82) is 0 Å². The lowest BCUT2D eigenvalue weighted by molar-refractivity contribution is -0.127. The summed E-state index contributed by atoms with van der Waals surface area (Å²) in [6.07, 6.45) is 3.78. The van der Waals surface area contributed by atoms with Gasteiger partial charge in [-0.05, 0) is 61.9 Å². The van der Waals surface area contributed by atoms with Crippen LogP contribution >= 0.6 is 11.6 Å². The van der Waals surface area contributed by atoms with Gasteiger partial charge in [-0.15, -0.1) is 0 Å². The van der Waals surface area contributed by atoms with E-state index in [0.29, 0.717) is 22.3 Å². The number of hydrogen-bond acceptors (Lipinski definition) is 5. The summed E-state index contributed by atoms with van der Waals surface area (Å²) in [5.41, 5.74) is 3.22. The number of ether oxygens (including phenoxy) is 1. The molecule has 1 aliphatic carbocycles. The number of benzene rings is 2. The number of nitrogens with zero attached hydrogens (tertiary/aromatic N) is 2. The van der Waals surface area contributed by atoms with Crippen LogP contribution < -0.4 is 10.1 Å². The third-order valence-electron chi connectivity index (χ3n) is 5.02. The Morgan fingerprint density at radius 1 is 1.21 bits per heavy atom. The van der Waals surface area contributed by atoms with Gasteiger partial charge in [0.25, 0.3) is 5.91 Å². The number of rotatable bonds is 6. The van der Waals surface area contributed by atoms with Crippen LogP contribution in [0.25, 0.3) is 11.4 Å². The Morgan fingerprint density at radius 3 is 2.90 bits per heavy atom. The molecule has 29 heavy (non-hydrogen) atoms. The minimum atomic E-state index is -0.630. The molecule has 4 rings (SSSR count). The smallest absolute Gasteiger partial charge is 0.261 e. The third-order valence-corrected chi connectivity index (χ3v) is 5.35. The maximum atomic E-state index is 12.5. The molecule has 150 valence electrons. The Hall–Kier alpha value is -2.86. The van der Waals surface area contributed by atoms with Crippen molar-refractivity contribution in [2.45, 2.75) is 45.3 Å². The number of amides is 1. The van der Waals surface area contributed by atoms with E-state index in [1.807, 2.05) is 30.3 Å². The minimum Gasteiger partial charge on any atom is -0.481 e. The first-order chi connectivity index (χ1) is 14.1. The van der Waals surface area contributed by atoms with Crippen molar-refractivity contribution in [3.8, 4) is 17.1 Å². The fraction of sp³-hybridized carbons (Fsp3) is 0.318. The molecule has 1 heterocycles. The predicted molar refractivity (Wildman–Crippen MR) is 110 cm³/mol. The first-order valence-corrected chi connectivity index (χ1v) is 10.1. The average molecular weight is 412 g/mol. The van der Waals surface area contributed by atoms with Crippen LogP contribution in [0.15, 0.2) is 47.0 Å². The number of aryl methyl sites for hydroxylation is 1. The van der Waals surface area contributed by atoms with Gasteiger partial charge in [0.2, 0.25) is 11.7 Å². The highest BCUT2D eigenvalue weighted by atomic mass is 35.5. The van der Waals surface area contributed by atoms with Gasteiger partial charge in [-0.2, -0.15) is 4.98 Å². The summed E-state index contributed by atoms with van der Waals surface area (Å²) in [5, 5.41) is 7.26. The average Bonchev–Trinajstić information content (AvgIpc) is 3.21. The van der Waals surface area contributed by atoms with E-state index in [-0.39, 0.29) is 12.5 Å². The number of carbonyl (C=O) groups excluding carboxylic acids is 1. The van der Waals surface area contributed by atoms with Gasteiger partial charge >= 0.3 is 0 Å². The normalized spacial score (nSPS) is 14.1. The molecule has 0 spiro atoms. The second-order valence-electron chi connectivity index (χ2n) is 7.07. The van der Waals surface area contributed by atoms with Crippen LogP contribution in [0.4, 0.5) is 0 Å². The first-order valence-electron chi connectivity index (χ1n) is 9.74. The highest BCUT2D eigenvalue weighted by molar-refractivity contribution is 6.33. The van der Waals surface area contributed by atoms with E-state index in [4.69, 9.17) is 20.9 Å². The summed E-state index contributed by atoms with van der Waals surface area (Å²) < 4.78 is 11.2. The van der Waals surface area contributed by atoms with E-state index >= 15 is 0 Å². The highest BCUT2D eigenvalue weighted by Crippen LogP contribution is 2.30. The summed E-state index contributed by atoms with van der Waals surface area (Å²) in [4.78, 5) is 16.8. The summed E-state index contributed by atoms with van der Waals surface area (Å²) in [5.74, 6) is 1.25. The number of aromatic nitrogens is 2. The molecule has 0 aliphatic heterocycles. The SMILES string of the molecule is CC(Oc1cccc2c1CCCC2)C(=O)NCc1nc(-c2ccccc2Cl)no1. The summed E-state index contributed by atoms with van der Waals surface area (Å²) in [6, 6.07) is 13.3. The number of nitrogens with one attached hydrogen (secondary N) is 1. The minimum absolute atomic E-state index is 0.122. The van der Waals surface area contributed by atoms with Crippen molar-refractivity contribution < 1.29 is 14.1 Å². The fourth-order valence-corrected chi connectivity index (χ4v) is 3.71. The zero-order valence-corrected chi connectivity index (χ0v) is 16.9. The van der Waals surface area contributed by atoms with Gasteiger partial charge in [0.15, 0.2) is 6.10 Å². The Balaban J connectivity index is 1.36. The maximum absolute atomic E-state index is 12.5. The van der Waals surface area contributed by atoms with Gasteiger partial charge < -0.3 is 14.6 Å². The molecule has 0 saturated heterocycles. The van der Waals surface area contributed by atoms with Crippen LogP contribution in [0.1, 0.15) is 36.8 Å². The van der Waals surface area contributed by atoms with Crippen LogP contribution in [0, 0.1) is 0 Å². The van der Waals surface area contributed by atoms with Crippen LogP contribution in [0.2, 0.25) is 5.02 Å². The van der Waals surface area contributed by atoms with E-state index in [2.05, 4.69) is 21.5 Å². The van der Waals surface area contributed by atoms with Crippen molar-refractivity contribution in [2.24, 2.45) is 0 Å². The number of hydrogen-bond donors (Lipinski definition) is 1. The molecule has 7 heteroatoms. The molecule has 1 unspecified atom stereocenters. The van der Waals surface area contributed by atoms with E-state index in [9.17, 15) is 4.79 Å². The molecule has 1 aliphatic rings. The molecular weight excluding hydrogens is 390 g/mol. The lowest BCUT2D eigenvalue weighted by atomic mass is 9.91. The molecule has 0 saturated carbocycles. The molecule has 0 radical (unpaired) electrons. The standard InChI is InChI=1S/C22H22ClN3O3/c1-14(28-19-12-6-8-15-7-2-3-9-16(15)19)22(27)24-13-20-25-21(26-29-20)17-10-4-5-11-18(17)23/h4-6,8,10-12,14H,2-3,7,9,13H2,1H3,(H,24,27). The predicted octanol–water partition coefficient (Wildman–Crippen LogP) is 4.35. The molecule has 1 amide bonds. The molecule has 0 fully saturated rings. The second-order valence-corrected chi connectivity index (χ2v) is 7.48. The van der Waals surface area contributed by atoms with Crippen molar-refractivity contribution >= 4 is 17.5 Å². The van der Waals surface area contributed by atoms with Crippen LogP contribution in [0.5, 0.6) is 5.75 Å². The van der Waals surface area contributed by atoms with Crippen LogP contribution in [-0.2, 0) is 24.2 Å². The van der Waals surface area contributed by atoms with Crippen molar-refractivity contribution in [1.82, 2.24) is 15.5 Å². The Labute approximate surface area is 174 Å². The largest absolute Gasteiger partial charge is 0.481 e. The van der Waals surface area contributed by atoms with Crippen LogP contribution in [0.3, 0.4) is 0 Å².